The summed E-state index contributed by atoms with van der Waals surface area (Å²) in [7, 11) is 0. The van der Waals surface area contributed by atoms with Gasteiger partial charge in [-0.25, -0.2) is 0 Å². The molecule has 0 radical (unpaired) electrons. The zero-order valence-corrected chi connectivity index (χ0v) is 9.85. The normalized spacial score (nSPS) is 10.7. The lowest BCUT2D eigenvalue weighted by molar-refractivity contribution is -0.274. The number of alkyl halides is 3. The van der Waals surface area contributed by atoms with Gasteiger partial charge in [0.05, 0.1) is 17.4 Å². The molecule has 8 heteroatoms. The molecule has 1 N–H and O–H groups in total. The van der Waals surface area contributed by atoms with Crippen LogP contribution in [0.2, 0.25) is 0 Å². The number of ether oxygens (including phenoxy) is 1. The summed E-state index contributed by atoms with van der Waals surface area (Å²) >= 11 is 0. The highest BCUT2D eigenvalue weighted by Gasteiger charge is 2.32. The Morgan fingerprint density at radius 3 is 2.65 bits per heavy atom. The van der Waals surface area contributed by atoms with Crippen LogP contribution in [0.25, 0.3) is 0 Å². The first kappa shape index (κ1) is 13.6. The van der Waals surface area contributed by atoms with E-state index in [0.717, 1.165) is 6.07 Å². The fourth-order valence-electron chi connectivity index (χ4n) is 1.43. The largest absolute Gasteiger partial charge is 0.573 e. The summed E-state index contributed by atoms with van der Waals surface area (Å²) < 4.78 is 40.7. The maximum absolute atomic E-state index is 12.3. The monoisotopic (exact) mass is 280 g/mol. The Balaban J connectivity index is 2.32. The average Bonchev–Trinajstić information content (AvgIpc) is 2.40. The van der Waals surface area contributed by atoms with Crippen molar-refractivity contribution in [2.24, 2.45) is 0 Å². The van der Waals surface area contributed by atoms with E-state index in [2.05, 4.69) is 20.3 Å². The summed E-state index contributed by atoms with van der Waals surface area (Å²) in [5, 5.41) is 18.7. The van der Waals surface area contributed by atoms with E-state index in [0.29, 0.717) is 0 Å². The molecular weight excluding hydrogens is 273 g/mol. The van der Waals surface area contributed by atoms with Gasteiger partial charge < -0.3 is 10.1 Å². The van der Waals surface area contributed by atoms with E-state index in [4.69, 9.17) is 5.26 Å². The zero-order chi connectivity index (χ0) is 14.6. The maximum atomic E-state index is 12.3. The highest BCUT2D eigenvalue weighted by molar-refractivity contribution is 5.67. The van der Waals surface area contributed by atoms with Gasteiger partial charge in [-0.15, -0.1) is 18.3 Å². The van der Waals surface area contributed by atoms with E-state index in [1.807, 2.05) is 6.07 Å². The number of para-hydroxylation sites is 2. The summed E-state index contributed by atoms with van der Waals surface area (Å²) in [6, 6.07) is 8.69. The van der Waals surface area contributed by atoms with Gasteiger partial charge in [0.15, 0.2) is 11.6 Å². The molecule has 0 spiro atoms. The van der Waals surface area contributed by atoms with Crippen molar-refractivity contribution in [3.63, 3.8) is 0 Å². The van der Waals surface area contributed by atoms with Gasteiger partial charge in [0, 0.05) is 0 Å². The Morgan fingerprint density at radius 2 is 1.95 bits per heavy atom. The highest BCUT2D eigenvalue weighted by atomic mass is 19.4. The number of aromatic nitrogens is 2. The van der Waals surface area contributed by atoms with Crippen LogP contribution in [0.4, 0.5) is 24.7 Å². The molecule has 0 aliphatic rings. The van der Waals surface area contributed by atoms with Crippen LogP contribution in [0.3, 0.4) is 0 Å². The number of halogens is 3. The van der Waals surface area contributed by atoms with Crippen LogP contribution in [0, 0.1) is 11.3 Å². The molecule has 5 nitrogen and oxygen atoms in total. The highest BCUT2D eigenvalue weighted by Crippen LogP contribution is 2.31. The summed E-state index contributed by atoms with van der Waals surface area (Å²) in [4.78, 5) is 0. The first-order valence-corrected chi connectivity index (χ1v) is 5.33. The third-order valence-corrected chi connectivity index (χ3v) is 2.21. The number of nitriles is 1. The molecule has 0 aliphatic heterocycles. The number of hydrogen-bond acceptors (Lipinski definition) is 5. The second-order valence-electron chi connectivity index (χ2n) is 3.57. The molecule has 0 atom stereocenters. The fraction of sp³-hybridized carbons (Fsp3) is 0.0833. The maximum Gasteiger partial charge on any atom is 0.573 e. The Hall–Kier alpha value is -2.82. The van der Waals surface area contributed by atoms with E-state index < -0.39 is 12.1 Å². The van der Waals surface area contributed by atoms with Crippen LogP contribution in [-0.4, -0.2) is 16.6 Å². The quantitative estimate of drug-likeness (QED) is 0.935. The Labute approximate surface area is 111 Å². The SMILES string of the molecule is N#Cc1ccnnc1Nc1ccccc1OC(F)(F)F. The molecule has 0 unspecified atom stereocenters. The van der Waals surface area contributed by atoms with Gasteiger partial charge in [0.2, 0.25) is 0 Å². The van der Waals surface area contributed by atoms with Crippen LogP contribution in [0.5, 0.6) is 5.75 Å². The first-order valence-electron chi connectivity index (χ1n) is 5.33. The van der Waals surface area contributed by atoms with Crippen LogP contribution >= 0.6 is 0 Å². The smallest absolute Gasteiger partial charge is 0.404 e. The minimum absolute atomic E-state index is 0.0295. The number of benzene rings is 1. The lowest BCUT2D eigenvalue weighted by atomic mass is 10.2. The Kier molecular flexibility index (Phi) is 3.70. The van der Waals surface area contributed by atoms with Crippen molar-refractivity contribution < 1.29 is 17.9 Å². The molecule has 0 amide bonds. The predicted octanol–water partition coefficient (Wildman–Crippen LogP) is 2.99. The Bertz CT molecular complexity index is 652. The van der Waals surface area contributed by atoms with Crippen LogP contribution in [0.15, 0.2) is 36.5 Å². The minimum atomic E-state index is -4.81. The van der Waals surface area contributed by atoms with Gasteiger partial charge >= 0.3 is 6.36 Å². The molecule has 0 fully saturated rings. The van der Waals surface area contributed by atoms with Gasteiger partial charge in [-0.3, -0.25) is 0 Å². The summed E-state index contributed by atoms with van der Waals surface area (Å²) in [6.45, 7) is 0. The molecule has 0 saturated heterocycles. The molecule has 102 valence electrons. The van der Waals surface area contributed by atoms with Gasteiger partial charge in [-0.05, 0) is 18.2 Å². The van der Waals surface area contributed by atoms with Crippen molar-refractivity contribution in [2.75, 3.05) is 5.32 Å². The lowest BCUT2D eigenvalue weighted by Gasteiger charge is -2.14. The third-order valence-electron chi connectivity index (χ3n) is 2.21. The molecule has 2 rings (SSSR count). The standard InChI is InChI=1S/C12H7F3N4O/c13-12(14,15)20-10-4-2-1-3-9(10)18-11-8(7-16)5-6-17-19-11/h1-6H,(H,18,19). The minimum Gasteiger partial charge on any atom is -0.404 e. The number of nitrogens with one attached hydrogen (secondary N) is 1. The second-order valence-corrected chi connectivity index (χ2v) is 3.57. The first-order chi connectivity index (χ1) is 9.49. The predicted molar refractivity (Wildman–Crippen MR) is 63.2 cm³/mol. The van der Waals surface area contributed by atoms with Crippen molar-refractivity contribution in [2.45, 2.75) is 6.36 Å². The van der Waals surface area contributed by atoms with Gasteiger partial charge in [0.25, 0.3) is 0 Å². The van der Waals surface area contributed by atoms with Crippen molar-refractivity contribution in [1.29, 1.82) is 5.26 Å². The van der Waals surface area contributed by atoms with Crippen LogP contribution in [0.1, 0.15) is 5.56 Å². The average molecular weight is 280 g/mol. The van der Waals surface area contributed by atoms with E-state index >= 15 is 0 Å². The van der Waals surface area contributed by atoms with Crippen molar-refractivity contribution in [3.8, 4) is 11.8 Å². The van der Waals surface area contributed by atoms with Gasteiger partial charge in [-0.2, -0.15) is 10.4 Å². The fourth-order valence-corrected chi connectivity index (χ4v) is 1.43. The molecule has 1 heterocycles. The van der Waals surface area contributed by atoms with Gasteiger partial charge in [-0.1, -0.05) is 12.1 Å². The van der Waals surface area contributed by atoms with E-state index in [1.165, 1.54) is 30.5 Å². The topological polar surface area (TPSA) is 70.8 Å². The van der Waals surface area contributed by atoms with E-state index in [-0.39, 0.29) is 17.1 Å². The summed E-state index contributed by atoms with van der Waals surface area (Å²) in [5.41, 5.74) is 0.184. The molecular formula is C12H7F3N4O. The van der Waals surface area contributed by atoms with Crippen molar-refractivity contribution >= 4 is 11.5 Å². The summed E-state index contributed by atoms with van der Waals surface area (Å²) in [6.07, 6.45) is -3.50. The van der Waals surface area contributed by atoms with Crippen LogP contribution in [-0.2, 0) is 0 Å². The van der Waals surface area contributed by atoms with E-state index in [1.54, 1.807) is 0 Å². The zero-order valence-electron chi connectivity index (χ0n) is 9.85. The lowest BCUT2D eigenvalue weighted by Crippen LogP contribution is -2.18. The molecule has 2 aromatic rings. The molecule has 1 aromatic heterocycles. The van der Waals surface area contributed by atoms with E-state index in [9.17, 15) is 13.2 Å². The Morgan fingerprint density at radius 1 is 1.20 bits per heavy atom. The molecule has 1 aromatic carbocycles. The van der Waals surface area contributed by atoms with Gasteiger partial charge in [0.1, 0.15) is 6.07 Å². The third kappa shape index (κ3) is 3.35. The second kappa shape index (κ2) is 5.44. The number of nitrogens with zero attached hydrogens (tertiary/aromatic N) is 3. The molecule has 0 saturated carbocycles. The number of anilines is 2. The molecule has 0 aliphatic carbocycles. The number of hydrogen-bond donors (Lipinski definition) is 1. The molecule has 0 bridgehead atoms. The van der Waals surface area contributed by atoms with Crippen molar-refractivity contribution in [1.82, 2.24) is 10.2 Å². The van der Waals surface area contributed by atoms with Crippen molar-refractivity contribution in [3.05, 3.63) is 42.1 Å². The molecule has 20 heavy (non-hydrogen) atoms. The summed E-state index contributed by atoms with van der Waals surface area (Å²) in [5.74, 6) is -0.372. The number of rotatable bonds is 3. The van der Waals surface area contributed by atoms with Crippen LogP contribution < -0.4 is 10.1 Å².